The molecular formula is C11H15N5O4. The van der Waals surface area contributed by atoms with Crippen molar-refractivity contribution in [3.63, 3.8) is 0 Å². The fraction of sp³-hybridized carbons (Fsp3) is 0.455. The minimum Gasteiger partial charge on any atom is -0.480 e. The van der Waals surface area contributed by atoms with Crippen molar-refractivity contribution < 1.29 is 19.5 Å². The number of aromatic nitrogens is 2. The molecule has 0 radical (unpaired) electrons. The Morgan fingerprint density at radius 3 is 2.95 bits per heavy atom. The van der Waals surface area contributed by atoms with Crippen molar-refractivity contribution in [1.82, 2.24) is 25.3 Å². The summed E-state index contributed by atoms with van der Waals surface area (Å²) >= 11 is 0. The van der Waals surface area contributed by atoms with E-state index in [0.29, 0.717) is 5.69 Å². The van der Waals surface area contributed by atoms with Crippen LogP contribution in [0, 0.1) is 0 Å². The third kappa shape index (κ3) is 3.05. The molecule has 1 aliphatic heterocycles. The highest BCUT2D eigenvalue weighted by Gasteiger charge is 2.35. The van der Waals surface area contributed by atoms with E-state index in [9.17, 15) is 14.4 Å². The van der Waals surface area contributed by atoms with Gasteiger partial charge in [0, 0.05) is 19.8 Å². The number of aryl methyl sites for hydroxylation is 1. The Balaban J connectivity index is 1.98. The van der Waals surface area contributed by atoms with E-state index in [-0.39, 0.29) is 25.5 Å². The summed E-state index contributed by atoms with van der Waals surface area (Å²) in [6.07, 6.45) is 1.73. The van der Waals surface area contributed by atoms with Crippen molar-refractivity contribution in [2.45, 2.75) is 12.6 Å². The molecule has 1 aromatic heterocycles. The molecule has 1 fully saturated rings. The lowest BCUT2D eigenvalue weighted by molar-refractivity contribution is -0.144. The van der Waals surface area contributed by atoms with Crippen molar-refractivity contribution >= 4 is 17.9 Å². The SMILES string of the molecule is Cn1ccc(CNC(=O)N2CC(=O)NCC2C(=O)O)n1. The number of hydrogen-bond acceptors (Lipinski definition) is 4. The van der Waals surface area contributed by atoms with Gasteiger partial charge in [0.15, 0.2) is 0 Å². The number of carboxylic acids is 1. The molecule has 1 saturated heterocycles. The molecule has 1 atom stereocenters. The zero-order valence-electron chi connectivity index (χ0n) is 10.9. The van der Waals surface area contributed by atoms with Crippen LogP contribution in [-0.4, -0.2) is 56.8 Å². The zero-order chi connectivity index (χ0) is 14.7. The van der Waals surface area contributed by atoms with Crippen LogP contribution >= 0.6 is 0 Å². The normalized spacial score (nSPS) is 18.6. The van der Waals surface area contributed by atoms with E-state index < -0.39 is 18.0 Å². The van der Waals surface area contributed by atoms with Crippen LogP contribution in [0.25, 0.3) is 0 Å². The van der Waals surface area contributed by atoms with Crippen LogP contribution in [0.15, 0.2) is 12.3 Å². The Kier molecular flexibility index (Phi) is 3.87. The summed E-state index contributed by atoms with van der Waals surface area (Å²) in [4.78, 5) is 35.3. The maximum absolute atomic E-state index is 12.0. The molecule has 0 bridgehead atoms. The Bertz CT molecular complexity index is 541. The molecular weight excluding hydrogens is 266 g/mol. The van der Waals surface area contributed by atoms with Gasteiger partial charge in [0.25, 0.3) is 0 Å². The number of nitrogens with zero attached hydrogens (tertiary/aromatic N) is 3. The second-order valence-electron chi connectivity index (χ2n) is 4.43. The van der Waals surface area contributed by atoms with Gasteiger partial charge >= 0.3 is 12.0 Å². The number of nitrogens with one attached hydrogen (secondary N) is 2. The van der Waals surface area contributed by atoms with Gasteiger partial charge < -0.3 is 15.7 Å². The maximum atomic E-state index is 12.0. The number of carbonyl (C=O) groups is 3. The molecule has 0 aromatic carbocycles. The van der Waals surface area contributed by atoms with Crippen LogP contribution < -0.4 is 10.6 Å². The first kappa shape index (κ1) is 13.8. The third-order valence-electron chi connectivity index (χ3n) is 2.92. The summed E-state index contributed by atoms with van der Waals surface area (Å²) < 4.78 is 1.59. The Morgan fingerprint density at radius 2 is 2.35 bits per heavy atom. The van der Waals surface area contributed by atoms with Gasteiger partial charge in [-0.15, -0.1) is 0 Å². The summed E-state index contributed by atoms with van der Waals surface area (Å²) in [5.74, 6) is -1.53. The fourth-order valence-corrected chi connectivity index (χ4v) is 1.90. The monoisotopic (exact) mass is 281 g/mol. The first-order chi connectivity index (χ1) is 9.47. The fourth-order valence-electron chi connectivity index (χ4n) is 1.90. The average molecular weight is 281 g/mol. The lowest BCUT2D eigenvalue weighted by Crippen LogP contribution is -2.61. The number of rotatable bonds is 3. The molecule has 0 saturated carbocycles. The molecule has 3 N–H and O–H groups in total. The smallest absolute Gasteiger partial charge is 0.328 e. The lowest BCUT2D eigenvalue weighted by atomic mass is 10.2. The van der Waals surface area contributed by atoms with Crippen molar-refractivity contribution in [1.29, 1.82) is 0 Å². The average Bonchev–Trinajstić information content (AvgIpc) is 2.81. The molecule has 9 nitrogen and oxygen atoms in total. The molecule has 108 valence electrons. The van der Waals surface area contributed by atoms with Crippen LogP contribution in [0.3, 0.4) is 0 Å². The zero-order valence-corrected chi connectivity index (χ0v) is 10.9. The van der Waals surface area contributed by atoms with Gasteiger partial charge in [-0.2, -0.15) is 5.10 Å². The van der Waals surface area contributed by atoms with E-state index in [1.807, 2.05) is 0 Å². The summed E-state index contributed by atoms with van der Waals surface area (Å²) in [6, 6.07) is 0.0760. The van der Waals surface area contributed by atoms with E-state index in [2.05, 4.69) is 15.7 Å². The highest BCUT2D eigenvalue weighted by atomic mass is 16.4. The number of carboxylic acid groups (broad SMARTS) is 1. The maximum Gasteiger partial charge on any atom is 0.328 e. The molecule has 1 unspecified atom stereocenters. The number of urea groups is 1. The largest absolute Gasteiger partial charge is 0.480 e. The van der Waals surface area contributed by atoms with Crippen LogP contribution in [0.1, 0.15) is 5.69 Å². The minimum atomic E-state index is -1.15. The molecule has 2 rings (SSSR count). The number of amides is 3. The van der Waals surface area contributed by atoms with Gasteiger partial charge in [-0.3, -0.25) is 14.4 Å². The molecule has 1 aliphatic rings. The highest BCUT2D eigenvalue weighted by molar-refractivity contribution is 5.90. The third-order valence-corrected chi connectivity index (χ3v) is 2.92. The lowest BCUT2D eigenvalue weighted by Gasteiger charge is -2.32. The number of piperazine rings is 1. The summed E-state index contributed by atoms with van der Waals surface area (Å²) in [5.41, 5.74) is 0.647. The van der Waals surface area contributed by atoms with Crippen molar-refractivity contribution in [2.75, 3.05) is 13.1 Å². The van der Waals surface area contributed by atoms with Gasteiger partial charge in [-0.1, -0.05) is 0 Å². The molecule has 0 spiro atoms. The molecule has 9 heteroatoms. The van der Waals surface area contributed by atoms with Crippen LogP contribution in [0.5, 0.6) is 0 Å². The van der Waals surface area contributed by atoms with Gasteiger partial charge in [-0.05, 0) is 6.07 Å². The summed E-state index contributed by atoms with van der Waals surface area (Å²) in [7, 11) is 1.75. The van der Waals surface area contributed by atoms with E-state index in [1.54, 1.807) is 24.0 Å². The van der Waals surface area contributed by atoms with Crippen LogP contribution in [-0.2, 0) is 23.2 Å². The van der Waals surface area contributed by atoms with Crippen LogP contribution in [0.4, 0.5) is 4.79 Å². The molecule has 1 aromatic rings. The van der Waals surface area contributed by atoms with Gasteiger partial charge in [0.05, 0.1) is 12.2 Å². The Morgan fingerprint density at radius 1 is 1.60 bits per heavy atom. The summed E-state index contributed by atoms with van der Waals surface area (Å²) in [5, 5.41) is 18.1. The van der Waals surface area contributed by atoms with E-state index in [0.717, 1.165) is 4.90 Å². The topological polar surface area (TPSA) is 117 Å². The summed E-state index contributed by atoms with van der Waals surface area (Å²) in [6.45, 7) is -0.194. The van der Waals surface area contributed by atoms with E-state index in [4.69, 9.17) is 5.11 Å². The Hall–Kier alpha value is -2.58. The van der Waals surface area contributed by atoms with Crippen LogP contribution in [0.2, 0.25) is 0 Å². The Labute approximate surface area is 114 Å². The second kappa shape index (κ2) is 5.59. The number of aliphatic carboxylic acids is 1. The van der Waals surface area contributed by atoms with Crippen molar-refractivity contribution in [2.24, 2.45) is 7.05 Å². The number of carbonyl (C=O) groups excluding carboxylic acids is 2. The first-order valence-corrected chi connectivity index (χ1v) is 6.00. The minimum absolute atomic E-state index is 0.0921. The number of hydrogen-bond donors (Lipinski definition) is 3. The predicted molar refractivity (Wildman–Crippen MR) is 66.6 cm³/mol. The van der Waals surface area contributed by atoms with Gasteiger partial charge in [0.2, 0.25) is 5.91 Å². The van der Waals surface area contributed by atoms with Gasteiger partial charge in [0.1, 0.15) is 12.6 Å². The second-order valence-corrected chi connectivity index (χ2v) is 4.43. The van der Waals surface area contributed by atoms with E-state index >= 15 is 0 Å². The molecule has 0 aliphatic carbocycles. The van der Waals surface area contributed by atoms with Gasteiger partial charge in [-0.25, -0.2) is 9.59 Å². The molecule has 3 amide bonds. The molecule has 2 heterocycles. The quantitative estimate of drug-likeness (QED) is 0.624. The van der Waals surface area contributed by atoms with E-state index in [1.165, 1.54) is 0 Å². The first-order valence-electron chi connectivity index (χ1n) is 6.00. The molecule has 20 heavy (non-hydrogen) atoms. The van der Waals surface area contributed by atoms with Crippen molar-refractivity contribution in [3.05, 3.63) is 18.0 Å². The van der Waals surface area contributed by atoms with Crippen molar-refractivity contribution in [3.8, 4) is 0 Å². The highest BCUT2D eigenvalue weighted by Crippen LogP contribution is 2.05. The standard InChI is InChI=1S/C11H15N5O4/c1-15-3-2-7(14-15)4-13-11(20)16-6-9(17)12-5-8(16)10(18)19/h2-3,8H,4-6H2,1H3,(H,12,17)(H,13,20)(H,18,19). The predicted octanol–water partition coefficient (Wildman–Crippen LogP) is -1.49.